The molecule has 0 bridgehead atoms. The summed E-state index contributed by atoms with van der Waals surface area (Å²) in [7, 11) is 1.24. The standard InChI is InChI=1S/C19H22F2N4O3/c1-10(2)15(18(26)28-3)24-19(27)25-7-6-14-16(23-9-22-14)17(25)12-8-11(20)4-5-13(12)21/h4-5,8-10,15,17H,6-7H2,1-3H3,(H,22,23)(H,24,27)/t15-,17-/m1/s1. The zero-order valence-electron chi connectivity index (χ0n) is 15.8. The van der Waals surface area contributed by atoms with E-state index in [1.165, 1.54) is 18.3 Å². The number of aromatic amines is 1. The predicted octanol–water partition coefficient (Wildman–Crippen LogP) is 2.54. The SMILES string of the molecule is COC(=O)[C@H](NC(=O)N1CCc2[nH]cnc2[C@H]1c1cc(F)ccc1F)C(C)C. The summed E-state index contributed by atoms with van der Waals surface area (Å²) < 4.78 is 33.1. The molecule has 1 aliphatic rings. The number of nitrogens with zero attached hydrogens (tertiary/aromatic N) is 2. The van der Waals surface area contributed by atoms with Crippen molar-refractivity contribution < 1.29 is 23.1 Å². The maximum atomic E-state index is 14.5. The van der Waals surface area contributed by atoms with Gasteiger partial charge in [0, 0.05) is 24.2 Å². The van der Waals surface area contributed by atoms with Crippen molar-refractivity contribution in [2.45, 2.75) is 32.4 Å². The minimum atomic E-state index is -0.920. The molecule has 1 aromatic carbocycles. The number of ether oxygens (including phenoxy) is 1. The molecule has 7 nitrogen and oxygen atoms in total. The third kappa shape index (κ3) is 3.69. The summed E-state index contributed by atoms with van der Waals surface area (Å²) in [6, 6.07) is 0.736. The van der Waals surface area contributed by atoms with Crippen molar-refractivity contribution in [3.8, 4) is 0 Å². The van der Waals surface area contributed by atoms with Gasteiger partial charge in [0.25, 0.3) is 0 Å². The number of hydrogen-bond acceptors (Lipinski definition) is 4. The van der Waals surface area contributed by atoms with Crippen LogP contribution in [0.5, 0.6) is 0 Å². The Bertz CT molecular complexity index is 884. The number of nitrogens with one attached hydrogen (secondary N) is 2. The van der Waals surface area contributed by atoms with Crippen LogP contribution in [-0.4, -0.2) is 46.6 Å². The first kappa shape index (κ1) is 19.8. The second-order valence-corrected chi connectivity index (χ2v) is 6.97. The molecule has 0 aliphatic carbocycles. The van der Waals surface area contributed by atoms with Gasteiger partial charge < -0.3 is 19.9 Å². The first-order chi connectivity index (χ1) is 13.3. The molecule has 150 valence electrons. The molecule has 1 aromatic heterocycles. The van der Waals surface area contributed by atoms with Crippen LogP contribution in [0.3, 0.4) is 0 Å². The summed E-state index contributed by atoms with van der Waals surface area (Å²) in [5, 5.41) is 2.65. The zero-order valence-corrected chi connectivity index (χ0v) is 15.8. The average Bonchev–Trinajstić information content (AvgIpc) is 3.15. The second-order valence-electron chi connectivity index (χ2n) is 6.97. The summed E-state index contributed by atoms with van der Waals surface area (Å²) in [6.45, 7) is 3.79. The average molecular weight is 392 g/mol. The lowest BCUT2D eigenvalue weighted by Gasteiger charge is -2.36. The Balaban J connectivity index is 1.98. The number of carbonyl (C=O) groups excluding carboxylic acids is 2. The molecule has 9 heteroatoms. The second kappa shape index (κ2) is 7.95. The van der Waals surface area contributed by atoms with E-state index < -0.39 is 35.7 Å². The van der Waals surface area contributed by atoms with Crippen LogP contribution in [0.25, 0.3) is 0 Å². The van der Waals surface area contributed by atoms with Crippen LogP contribution < -0.4 is 5.32 Å². The number of imidazole rings is 1. The van der Waals surface area contributed by atoms with E-state index in [4.69, 9.17) is 4.74 Å². The highest BCUT2D eigenvalue weighted by atomic mass is 19.1. The number of rotatable bonds is 4. The number of urea groups is 1. The van der Waals surface area contributed by atoms with Crippen LogP contribution in [0.4, 0.5) is 13.6 Å². The molecule has 0 radical (unpaired) electrons. The van der Waals surface area contributed by atoms with E-state index >= 15 is 0 Å². The molecule has 0 spiro atoms. The molecule has 2 atom stereocenters. The fraction of sp³-hybridized carbons (Fsp3) is 0.421. The summed E-state index contributed by atoms with van der Waals surface area (Å²) in [5.74, 6) is -2.05. The molecule has 28 heavy (non-hydrogen) atoms. The van der Waals surface area contributed by atoms with Gasteiger partial charge in [-0.15, -0.1) is 0 Å². The zero-order chi connectivity index (χ0) is 20.4. The molecule has 0 saturated carbocycles. The van der Waals surface area contributed by atoms with E-state index in [9.17, 15) is 18.4 Å². The number of amides is 2. The Labute approximate surface area is 161 Å². The summed E-state index contributed by atoms with van der Waals surface area (Å²) in [4.78, 5) is 33.6. The summed E-state index contributed by atoms with van der Waals surface area (Å²) >= 11 is 0. The van der Waals surface area contributed by atoms with Crippen molar-refractivity contribution in [2.75, 3.05) is 13.7 Å². The summed E-state index contributed by atoms with van der Waals surface area (Å²) in [6.07, 6.45) is 1.93. The molecule has 2 amide bonds. The maximum Gasteiger partial charge on any atom is 0.328 e. The first-order valence-corrected chi connectivity index (χ1v) is 8.95. The van der Waals surface area contributed by atoms with Crippen molar-refractivity contribution in [3.63, 3.8) is 0 Å². The molecular weight excluding hydrogens is 370 g/mol. The summed E-state index contributed by atoms with van der Waals surface area (Å²) in [5.41, 5.74) is 1.21. The topological polar surface area (TPSA) is 87.3 Å². The number of carbonyl (C=O) groups is 2. The van der Waals surface area contributed by atoms with E-state index in [2.05, 4.69) is 15.3 Å². The van der Waals surface area contributed by atoms with E-state index in [1.807, 2.05) is 0 Å². The molecule has 1 aliphatic heterocycles. The van der Waals surface area contributed by atoms with Crippen LogP contribution >= 0.6 is 0 Å². The lowest BCUT2D eigenvalue weighted by Crippen LogP contribution is -2.53. The van der Waals surface area contributed by atoms with Crippen LogP contribution in [-0.2, 0) is 16.0 Å². The van der Waals surface area contributed by atoms with E-state index in [1.54, 1.807) is 13.8 Å². The van der Waals surface area contributed by atoms with Crippen molar-refractivity contribution >= 4 is 12.0 Å². The Morgan fingerprint density at radius 2 is 2.11 bits per heavy atom. The van der Waals surface area contributed by atoms with E-state index in [0.717, 1.165) is 23.9 Å². The van der Waals surface area contributed by atoms with Gasteiger partial charge in [0.15, 0.2) is 0 Å². The highest BCUT2D eigenvalue weighted by Crippen LogP contribution is 2.35. The number of benzene rings is 1. The minimum Gasteiger partial charge on any atom is -0.467 e. The lowest BCUT2D eigenvalue weighted by molar-refractivity contribution is -0.144. The van der Waals surface area contributed by atoms with Crippen LogP contribution in [0.2, 0.25) is 0 Å². The fourth-order valence-electron chi connectivity index (χ4n) is 3.38. The Hall–Kier alpha value is -2.97. The van der Waals surface area contributed by atoms with Crippen LogP contribution in [0.1, 0.15) is 36.8 Å². The third-order valence-electron chi connectivity index (χ3n) is 4.84. The van der Waals surface area contributed by atoms with Gasteiger partial charge in [-0.25, -0.2) is 23.4 Å². The van der Waals surface area contributed by atoms with E-state index in [-0.39, 0.29) is 18.0 Å². The first-order valence-electron chi connectivity index (χ1n) is 8.95. The van der Waals surface area contributed by atoms with Crippen molar-refractivity contribution in [1.82, 2.24) is 20.2 Å². The van der Waals surface area contributed by atoms with Crippen molar-refractivity contribution in [3.05, 3.63) is 53.1 Å². The predicted molar refractivity (Wildman–Crippen MR) is 96.4 cm³/mol. The molecule has 0 unspecified atom stereocenters. The van der Waals surface area contributed by atoms with Gasteiger partial charge >= 0.3 is 12.0 Å². The molecule has 2 aromatic rings. The number of halogens is 2. The number of fused-ring (bicyclic) bond motifs is 1. The van der Waals surface area contributed by atoms with Gasteiger partial charge in [0.05, 0.1) is 19.1 Å². The number of H-pyrrole nitrogens is 1. The molecule has 3 rings (SSSR count). The largest absolute Gasteiger partial charge is 0.467 e. The van der Waals surface area contributed by atoms with Crippen molar-refractivity contribution in [2.24, 2.45) is 5.92 Å². The van der Waals surface area contributed by atoms with Crippen LogP contribution in [0, 0.1) is 17.6 Å². The third-order valence-corrected chi connectivity index (χ3v) is 4.84. The van der Waals surface area contributed by atoms with Crippen molar-refractivity contribution in [1.29, 1.82) is 0 Å². The molecular formula is C19H22F2N4O3. The molecule has 0 saturated heterocycles. The normalized spacial score (nSPS) is 17.2. The number of esters is 1. The fourth-order valence-corrected chi connectivity index (χ4v) is 3.38. The monoisotopic (exact) mass is 392 g/mol. The van der Waals surface area contributed by atoms with Gasteiger partial charge in [-0.3, -0.25) is 0 Å². The number of methoxy groups -OCH3 is 1. The van der Waals surface area contributed by atoms with Gasteiger partial charge in [-0.2, -0.15) is 0 Å². The number of aromatic nitrogens is 2. The highest BCUT2D eigenvalue weighted by molar-refractivity contribution is 5.84. The highest BCUT2D eigenvalue weighted by Gasteiger charge is 2.37. The smallest absolute Gasteiger partial charge is 0.328 e. The Morgan fingerprint density at radius 1 is 1.36 bits per heavy atom. The Morgan fingerprint density at radius 3 is 2.79 bits per heavy atom. The minimum absolute atomic E-state index is 0.00219. The quantitative estimate of drug-likeness (QED) is 0.783. The molecule has 2 N–H and O–H groups in total. The molecule has 2 heterocycles. The van der Waals surface area contributed by atoms with Gasteiger partial charge in [0.1, 0.15) is 23.7 Å². The van der Waals surface area contributed by atoms with Gasteiger partial charge in [0.2, 0.25) is 0 Å². The lowest BCUT2D eigenvalue weighted by atomic mass is 9.95. The molecule has 0 fully saturated rings. The van der Waals surface area contributed by atoms with Gasteiger partial charge in [-0.1, -0.05) is 13.8 Å². The van der Waals surface area contributed by atoms with Crippen LogP contribution in [0.15, 0.2) is 24.5 Å². The Kier molecular flexibility index (Phi) is 5.62. The number of hydrogen-bond donors (Lipinski definition) is 2. The van der Waals surface area contributed by atoms with Gasteiger partial charge in [-0.05, 0) is 24.1 Å². The maximum absolute atomic E-state index is 14.5. The van der Waals surface area contributed by atoms with E-state index in [0.29, 0.717) is 12.1 Å².